The molecule has 0 spiro atoms. The third kappa shape index (κ3) is 8.90. The first-order valence-corrected chi connectivity index (χ1v) is 1.03. The van der Waals surface area contributed by atoms with Gasteiger partial charge in [-0.2, -0.15) is 0 Å². The molecule has 2 nitrogen and oxygen atoms in total. The number of hydrogen-bond donors (Lipinski definition) is 0. The number of carboxylic acid groups (broad SMARTS) is 1. The Morgan fingerprint density at radius 3 is 2.00 bits per heavy atom. The van der Waals surface area contributed by atoms with E-state index in [-0.39, 0.29) is 51.4 Å². The first-order valence-electron chi connectivity index (χ1n) is 1.03. The van der Waals surface area contributed by atoms with Crippen LogP contribution in [-0.2, 0) is 4.79 Å². The molecule has 0 N–H and O–H groups in total. The fourth-order valence-electron chi connectivity index (χ4n) is 0. The molecule has 0 radical (unpaired) electrons. The van der Waals surface area contributed by atoms with Crippen LogP contribution in [0, 0.1) is 0 Å². The smallest absolute Gasteiger partial charge is 0.547 e. The molecule has 0 aromatic carbocycles. The molecule has 0 aromatic rings. The monoisotopic (exact) mass is 116 g/mol. The average Bonchev–Trinajstić information content (AvgIpc) is 1.38. The maximum atomic E-state index is 10.5. The molecule has 0 saturated carbocycles. The van der Waals surface area contributed by atoms with Crippen molar-refractivity contribution >= 4 is 5.97 Å². The number of alkyl halides is 1. The van der Waals surface area contributed by atoms with E-state index < -0.39 is 12.6 Å². The molecule has 0 fully saturated rings. The van der Waals surface area contributed by atoms with Crippen LogP contribution < -0.4 is 56.5 Å². The predicted octanol–water partition coefficient (Wildman–Crippen LogP) is -4.29. The van der Waals surface area contributed by atoms with Crippen LogP contribution in [0.15, 0.2) is 0 Å². The van der Waals surface area contributed by atoms with E-state index in [9.17, 15) is 4.39 Å². The number of carbonyl (C=O) groups is 1. The van der Waals surface area contributed by atoms with Crippen molar-refractivity contribution in [1.29, 1.82) is 0 Å². The molecule has 0 aliphatic rings. The summed E-state index contributed by atoms with van der Waals surface area (Å²) in [5.41, 5.74) is 0. The van der Waals surface area contributed by atoms with Gasteiger partial charge in [0.1, 0.15) is 6.67 Å². The molecule has 0 aromatic heterocycles. The summed E-state index contributed by atoms with van der Waals surface area (Å²) in [5, 5.41) is 8.88. The zero-order chi connectivity index (χ0) is 4.28. The summed E-state index contributed by atoms with van der Waals surface area (Å²) >= 11 is 0. The molecule has 0 rings (SSSR count). The summed E-state index contributed by atoms with van der Waals surface area (Å²) in [7, 11) is 0. The van der Waals surface area contributed by atoms with E-state index in [1.54, 1.807) is 0 Å². The summed E-state index contributed by atoms with van der Waals surface area (Å²) in [6.45, 7) is -1.39. The Morgan fingerprint density at radius 1 is 1.83 bits per heavy atom. The molecule has 0 aliphatic carbocycles. The fourth-order valence-corrected chi connectivity index (χ4v) is 0. The molecule has 0 heterocycles. The zero-order valence-electron chi connectivity index (χ0n) is 3.40. The van der Waals surface area contributed by atoms with Crippen LogP contribution in [0.25, 0.3) is 0 Å². The van der Waals surface area contributed by atoms with E-state index in [0.717, 1.165) is 0 Å². The zero-order valence-corrected chi connectivity index (χ0v) is 6.52. The van der Waals surface area contributed by atoms with Crippen LogP contribution in [0.5, 0.6) is 0 Å². The summed E-state index contributed by atoms with van der Waals surface area (Å²) in [4.78, 5) is 8.88. The number of hydrogen-bond acceptors (Lipinski definition) is 2. The first kappa shape index (κ1) is 10.1. The molecular weight excluding hydrogens is 114 g/mol. The van der Waals surface area contributed by atoms with Gasteiger partial charge in [0.25, 0.3) is 0 Å². The molecule has 4 heteroatoms. The van der Waals surface area contributed by atoms with Crippen LogP contribution in [0.2, 0.25) is 0 Å². The first-order chi connectivity index (χ1) is 2.27. The Hall–Kier alpha value is 1.04. The summed E-state index contributed by atoms with van der Waals surface area (Å²) < 4.78 is 10.5. The van der Waals surface area contributed by atoms with E-state index in [2.05, 4.69) is 0 Å². The van der Waals surface area contributed by atoms with Gasteiger partial charge < -0.3 is 9.90 Å². The Kier molecular flexibility index (Phi) is 10.2. The second-order valence-electron chi connectivity index (χ2n) is 0.506. The van der Waals surface area contributed by atoms with Gasteiger partial charge in [-0.1, -0.05) is 0 Å². The summed E-state index contributed by atoms with van der Waals surface area (Å²) in [6.07, 6.45) is 0. The van der Waals surface area contributed by atoms with Gasteiger partial charge in [-0.15, -0.1) is 0 Å². The third-order valence-corrected chi connectivity index (χ3v) is 0.109. The molecule has 0 bridgehead atoms. The van der Waals surface area contributed by atoms with Crippen molar-refractivity contribution in [2.24, 2.45) is 0 Å². The van der Waals surface area contributed by atoms with Crippen LogP contribution in [0.4, 0.5) is 4.39 Å². The van der Waals surface area contributed by atoms with Crippen LogP contribution in [0.3, 0.4) is 0 Å². The summed E-state index contributed by atoms with van der Waals surface area (Å²) in [6, 6.07) is 0. The Morgan fingerprint density at radius 2 is 2.00 bits per heavy atom. The topological polar surface area (TPSA) is 40.1 Å². The van der Waals surface area contributed by atoms with Crippen LogP contribution in [0.1, 0.15) is 0 Å². The molecule has 0 atom stereocenters. The van der Waals surface area contributed by atoms with E-state index in [1.165, 1.54) is 0 Å². The number of carboxylic acids is 1. The molecule has 0 aliphatic heterocycles. The van der Waals surface area contributed by atoms with Crippen molar-refractivity contribution in [3.05, 3.63) is 0 Å². The maximum Gasteiger partial charge on any atom is 1.00 e. The molecule has 6 heavy (non-hydrogen) atoms. The van der Waals surface area contributed by atoms with E-state index in [1.807, 2.05) is 0 Å². The van der Waals surface area contributed by atoms with Gasteiger partial charge in [0.15, 0.2) is 0 Å². The second kappa shape index (κ2) is 6.04. The number of carbonyl (C=O) groups excluding carboxylic acids is 1. The Labute approximate surface area is 77.1 Å². The molecule has 30 valence electrons. The standard InChI is InChI=1S/C2H3FO2.K/c3-1-2(4)5;/h1H2,(H,4,5);/q;+1/p-1. The van der Waals surface area contributed by atoms with Crippen molar-refractivity contribution in [3.8, 4) is 0 Å². The minimum atomic E-state index is -1.66. The van der Waals surface area contributed by atoms with Crippen molar-refractivity contribution in [2.75, 3.05) is 6.67 Å². The van der Waals surface area contributed by atoms with Crippen molar-refractivity contribution in [2.45, 2.75) is 0 Å². The van der Waals surface area contributed by atoms with Gasteiger partial charge in [-0.25, -0.2) is 4.39 Å². The minimum Gasteiger partial charge on any atom is -0.547 e. The Bertz CT molecular complexity index is 46.8. The summed E-state index contributed by atoms with van der Waals surface area (Å²) in [5.74, 6) is -1.66. The normalized spacial score (nSPS) is 6.17. The number of halogens is 1. The fraction of sp³-hybridized carbons (Fsp3) is 0.500. The predicted molar refractivity (Wildman–Crippen MR) is 11.0 cm³/mol. The molecule has 0 saturated heterocycles. The van der Waals surface area contributed by atoms with Gasteiger partial charge in [0.2, 0.25) is 0 Å². The van der Waals surface area contributed by atoms with Crippen LogP contribution in [-0.4, -0.2) is 12.6 Å². The minimum absolute atomic E-state index is 0. The molecular formula is C2H2FKO2. The SMILES string of the molecule is O=C([O-])CF.[K+]. The molecule has 0 unspecified atom stereocenters. The van der Waals surface area contributed by atoms with Crippen molar-refractivity contribution < 1.29 is 65.7 Å². The largest absolute Gasteiger partial charge is 1.00 e. The van der Waals surface area contributed by atoms with Gasteiger partial charge in [0, 0.05) is 0 Å². The number of rotatable bonds is 1. The van der Waals surface area contributed by atoms with E-state index in [0.29, 0.717) is 0 Å². The molecule has 0 amide bonds. The quantitative estimate of drug-likeness (QED) is 0.325. The third-order valence-electron chi connectivity index (χ3n) is 0.109. The Balaban J connectivity index is 0. The second-order valence-corrected chi connectivity index (χ2v) is 0.506. The van der Waals surface area contributed by atoms with Crippen molar-refractivity contribution in [3.63, 3.8) is 0 Å². The van der Waals surface area contributed by atoms with Gasteiger partial charge in [-0.3, -0.25) is 0 Å². The van der Waals surface area contributed by atoms with E-state index >= 15 is 0 Å². The van der Waals surface area contributed by atoms with E-state index in [4.69, 9.17) is 9.90 Å². The van der Waals surface area contributed by atoms with Crippen molar-refractivity contribution in [1.82, 2.24) is 0 Å². The number of aliphatic carboxylic acids is 1. The van der Waals surface area contributed by atoms with Gasteiger partial charge in [0.05, 0.1) is 5.97 Å². The average molecular weight is 116 g/mol. The maximum absolute atomic E-state index is 10.5. The van der Waals surface area contributed by atoms with Crippen LogP contribution >= 0.6 is 0 Å². The van der Waals surface area contributed by atoms with Gasteiger partial charge >= 0.3 is 51.4 Å². The van der Waals surface area contributed by atoms with Gasteiger partial charge in [-0.05, 0) is 0 Å².